The molecule has 1 heterocycles. The Balaban J connectivity index is 2.26. The lowest BCUT2D eigenvalue weighted by Gasteiger charge is -2.21. The third-order valence-electron chi connectivity index (χ3n) is 3.41. The molecular weight excluding hydrogens is 264 g/mol. The topological polar surface area (TPSA) is 75.1 Å². The van der Waals surface area contributed by atoms with Gasteiger partial charge >= 0.3 is 0 Å². The van der Waals surface area contributed by atoms with Gasteiger partial charge in [-0.3, -0.25) is 4.79 Å². The molecule has 108 valence electrons. The summed E-state index contributed by atoms with van der Waals surface area (Å²) in [6, 6.07) is 11.1. The number of nitriles is 1. The Labute approximate surface area is 124 Å². The molecule has 0 unspecified atom stereocenters. The zero-order valence-corrected chi connectivity index (χ0v) is 12.2. The van der Waals surface area contributed by atoms with Crippen LogP contribution in [-0.2, 0) is 13.6 Å². The van der Waals surface area contributed by atoms with Gasteiger partial charge in [0.1, 0.15) is 5.69 Å². The minimum absolute atomic E-state index is 0.0931. The lowest BCUT2D eigenvalue weighted by Crippen LogP contribution is -2.31. The monoisotopic (exact) mass is 282 g/mol. The van der Waals surface area contributed by atoms with E-state index in [-0.39, 0.29) is 5.91 Å². The second-order valence-electron chi connectivity index (χ2n) is 4.86. The standard InChI is InChI=1S/C16H18N4O/c1-3-20(10-13-7-5-4-6-12(13)9-17)16(21)15-8-14(18)11-19(15)2/h4-8,11H,3,10,18H2,1-2H3. The van der Waals surface area contributed by atoms with Gasteiger partial charge in [-0.05, 0) is 24.6 Å². The molecule has 0 atom stereocenters. The number of nitrogen functional groups attached to an aromatic ring is 1. The maximum Gasteiger partial charge on any atom is 0.270 e. The second kappa shape index (κ2) is 6.14. The maximum absolute atomic E-state index is 12.6. The van der Waals surface area contributed by atoms with E-state index in [9.17, 15) is 4.79 Å². The molecule has 2 aromatic rings. The van der Waals surface area contributed by atoms with Crippen molar-refractivity contribution >= 4 is 11.6 Å². The number of carbonyl (C=O) groups excluding carboxylic acids is 1. The average Bonchev–Trinajstić information content (AvgIpc) is 2.83. The van der Waals surface area contributed by atoms with Gasteiger partial charge in [-0.25, -0.2) is 0 Å². The largest absolute Gasteiger partial charge is 0.397 e. The van der Waals surface area contributed by atoms with E-state index in [0.717, 1.165) is 5.56 Å². The summed E-state index contributed by atoms with van der Waals surface area (Å²) in [6.07, 6.45) is 1.71. The highest BCUT2D eigenvalue weighted by Crippen LogP contribution is 2.15. The van der Waals surface area contributed by atoms with Crippen LogP contribution in [0.3, 0.4) is 0 Å². The fraction of sp³-hybridized carbons (Fsp3) is 0.250. The van der Waals surface area contributed by atoms with E-state index in [1.165, 1.54) is 0 Å². The molecule has 21 heavy (non-hydrogen) atoms. The second-order valence-corrected chi connectivity index (χ2v) is 4.86. The predicted octanol–water partition coefficient (Wildman–Crippen LogP) is 2.14. The van der Waals surface area contributed by atoms with Crippen LogP contribution in [0.5, 0.6) is 0 Å². The Morgan fingerprint density at radius 1 is 1.43 bits per heavy atom. The first-order chi connectivity index (χ1) is 10.1. The number of aromatic nitrogens is 1. The molecule has 0 aliphatic heterocycles. The Morgan fingerprint density at radius 2 is 2.14 bits per heavy atom. The van der Waals surface area contributed by atoms with Crippen LogP contribution in [0.4, 0.5) is 5.69 Å². The summed E-state index contributed by atoms with van der Waals surface area (Å²) < 4.78 is 1.72. The number of rotatable bonds is 4. The molecule has 5 nitrogen and oxygen atoms in total. The molecule has 0 bridgehead atoms. The molecule has 0 aliphatic carbocycles. The predicted molar refractivity (Wildman–Crippen MR) is 81.4 cm³/mol. The molecule has 0 radical (unpaired) electrons. The SMILES string of the molecule is CCN(Cc1ccccc1C#N)C(=O)c1cc(N)cn1C. The third kappa shape index (κ3) is 3.06. The van der Waals surface area contributed by atoms with Crippen LogP contribution in [0, 0.1) is 11.3 Å². The van der Waals surface area contributed by atoms with Gasteiger partial charge in [0.05, 0.1) is 17.3 Å². The van der Waals surface area contributed by atoms with E-state index < -0.39 is 0 Å². The molecular formula is C16H18N4O. The van der Waals surface area contributed by atoms with Crippen LogP contribution in [0.25, 0.3) is 0 Å². The number of carbonyl (C=O) groups is 1. The van der Waals surface area contributed by atoms with Crippen molar-refractivity contribution in [2.45, 2.75) is 13.5 Å². The number of aryl methyl sites for hydroxylation is 1. The summed E-state index contributed by atoms with van der Waals surface area (Å²) in [4.78, 5) is 14.3. The number of nitrogens with two attached hydrogens (primary N) is 1. The Hall–Kier alpha value is -2.74. The van der Waals surface area contributed by atoms with Gasteiger partial charge in [-0.1, -0.05) is 18.2 Å². The molecule has 2 N–H and O–H groups in total. The summed E-state index contributed by atoms with van der Waals surface area (Å²) in [6.45, 7) is 2.88. The van der Waals surface area contributed by atoms with E-state index in [1.54, 1.807) is 34.8 Å². The lowest BCUT2D eigenvalue weighted by molar-refractivity contribution is 0.0743. The lowest BCUT2D eigenvalue weighted by atomic mass is 10.1. The van der Waals surface area contributed by atoms with Crippen LogP contribution < -0.4 is 5.73 Å². The van der Waals surface area contributed by atoms with Crippen molar-refractivity contribution < 1.29 is 4.79 Å². The third-order valence-corrected chi connectivity index (χ3v) is 3.41. The van der Waals surface area contributed by atoms with Crippen LogP contribution in [0.2, 0.25) is 0 Å². The molecule has 2 rings (SSSR count). The van der Waals surface area contributed by atoms with E-state index in [4.69, 9.17) is 11.0 Å². The average molecular weight is 282 g/mol. The van der Waals surface area contributed by atoms with Gasteiger partial charge in [-0.15, -0.1) is 0 Å². The Bertz CT molecular complexity index is 697. The summed E-state index contributed by atoms with van der Waals surface area (Å²) in [7, 11) is 1.79. The van der Waals surface area contributed by atoms with Crippen molar-refractivity contribution in [1.82, 2.24) is 9.47 Å². The molecule has 0 saturated heterocycles. The first-order valence-corrected chi connectivity index (χ1v) is 6.76. The molecule has 1 aromatic heterocycles. The van der Waals surface area contributed by atoms with Gasteiger partial charge < -0.3 is 15.2 Å². The highest BCUT2D eigenvalue weighted by atomic mass is 16.2. The Morgan fingerprint density at radius 3 is 2.71 bits per heavy atom. The van der Waals surface area contributed by atoms with Crippen molar-refractivity contribution in [2.75, 3.05) is 12.3 Å². The van der Waals surface area contributed by atoms with Crippen molar-refractivity contribution in [3.8, 4) is 6.07 Å². The number of benzene rings is 1. The van der Waals surface area contributed by atoms with E-state index in [0.29, 0.717) is 30.0 Å². The first kappa shape index (κ1) is 14.7. The zero-order valence-electron chi connectivity index (χ0n) is 12.2. The summed E-state index contributed by atoms with van der Waals surface area (Å²) in [5.41, 5.74) is 8.27. The van der Waals surface area contributed by atoms with E-state index >= 15 is 0 Å². The fourth-order valence-corrected chi connectivity index (χ4v) is 2.26. The summed E-state index contributed by atoms with van der Waals surface area (Å²) in [5.74, 6) is -0.0931. The van der Waals surface area contributed by atoms with Gasteiger partial charge in [0.15, 0.2) is 0 Å². The molecule has 0 saturated carbocycles. The number of hydrogen-bond donors (Lipinski definition) is 1. The van der Waals surface area contributed by atoms with Crippen molar-refractivity contribution in [1.29, 1.82) is 5.26 Å². The van der Waals surface area contributed by atoms with Gasteiger partial charge in [0.2, 0.25) is 0 Å². The van der Waals surface area contributed by atoms with E-state index in [2.05, 4.69) is 6.07 Å². The molecule has 0 aliphatic rings. The Kier molecular flexibility index (Phi) is 4.29. The highest BCUT2D eigenvalue weighted by Gasteiger charge is 2.18. The molecule has 0 fully saturated rings. The molecule has 5 heteroatoms. The molecule has 1 aromatic carbocycles. The van der Waals surface area contributed by atoms with Crippen molar-refractivity contribution in [3.05, 3.63) is 53.3 Å². The van der Waals surface area contributed by atoms with Gasteiger partial charge in [0, 0.05) is 26.3 Å². The maximum atomic E-state index is 12.6. The molecule has 0 spiro atoms. The van der Waals surface area contributed by atoms with Gasteiger partial charge in [-0.2, -0.15) is 5.26 Å². The smallest absolute Gasteiger partial charge is 0.270 e. The van der Waals surface area contributed by atoms with E-state index in [1.807, 2.05) is 25.1 Å². The summed E-state index contributed by atoms with van der Waals surface area (Å²) >= 11 is 0. The van der Waals surface area contributed by atoms with Gasteiger partial charge in [0.25, 0.3) is 5.91 Å². The zero-order chi connectivity index (χ0) is 15.4. The quantitative estimate of drug-likeness (QED) is 0.933. The van der Waals surface area contributed by atoms with Crippen LogP contribution in [-0.4, -0.2) is 21.9 Å². The van der Waals surface area contributed by atoms with Crippen LogP contribution in [0.1, 0.15) is 28.5 Å². The number of nitrogens with zero attached hydrogens (tertiary/aromatic N) is 3. The van der Waals surface area contributed by atoms with Crippen LogP contribution in [0.15, 0.2) is 36.5 Å². The minimum Gasteiger partial charge on any atom is -0.397 e. The molecule has 1 amide bonds. The summed E-state index contributed by atoms with van der Waals surface area (Å²) in [5, 5.41) is 9.13. The fourth-order valence-electron chi connectivity index (χ4n) is 2.26. The van der Waals surface area contributed by atoms with Crippen LogP contribution >= 0.6 is 0 Å². The van der Waals surface area contributed by atoms with Crippen molar-refractivity contribution in [2.24, 2.45) is 7.05 Å². The number of hydrogen-bond acceptors (Lipinski definition) is 3. The van der Waals surface area contributed by atoms with Crippen molar-refractivity contribution in [3.63, 3.8) is 0 Å². The first-order valence-electron chi connectivity index (χ1n) is 6.76. The minimum atomic E-state index is -0.0931. The normalized spacial score (nSPS) is 10.1. The number of amides is 1. The highest BCUT2D eigenvalue weighted by molar-refractivity contribution is 5.93. The number of anilines is 1.